The van der Waals surface area contributed by atoms with Gasteiger partial charge in [0.25, 0.3) is 5.56 Å². The summed E-state index contributed by atoms with van der Waals surface area (Å²) in [4.78, 5) is 41.0. The van der Waals surface area contributed by atoms with Crippen LogP contribution in [-0.4, -0.2) is 30.3 Å². The maximum absolute atomic E-state index is 12.3. The number of aryl methyl sites for hydroxylation is 3. The van der Waals surface area contributed by atoms with E-state index in [1.807, 2.05) is 13.0 Å². The zero-order valence-corrected chi connectivity index (χ0v) is 17.5. The largest absolute Gasteiger partial charge is 0.332 e. The number of amides is 1. The monoisotopic (exact) mass is 421 g/mol. The summed E-state index contributed by atoms with van der Waals surface area (Å²) in [6.45, 7) is 1.89. The molecule has 148 valence electrons. The van der Waals surface area contributed by atoms with E-state index in [1.165, 1.54) is 23.4 Å². The quantitative estimate of drug-likeness (QED) is 0.637. The van der Waals surface area contributed by atoms with E-state index in [-0.39, 0.29) is 17.8 Å². The van der Waals surface area contributed by atoms with Crippen molar-refractivity contribution in [1.29, 1.82) is 0 Å². The highest BCUT2D eigenvalue weighted by Gasteiger charge is 2.17. The Morgan fingerprint density at radius 2 is 1.89 bits per heavy atom. The minimum atomic E-state index is -0.435. The Morgan fingerprint density at radius 3 is 2.61 bits per heavy atom. The van der Waals surface area contributed by atoms with Crippen LogP contribution in [0.5, 0.6) is 0 Å². The highest BCUT2D eigenvalue weighted by Crippen LogP contribution is 2.22. The molecule has 1 amide bonds. The molecular weight excluding hydrogens is 402 g/mol. The van der Waals surface area contributed by atoms with Crippen LogP contribution in [0.2, 0.25) is 5.02 Å². The Hall–Kier alpha value is -2.52. The number of imidazole rings is 1. The van der Waals surface area contributed by atoms with Gasteiger partial charge in [-0.3, -0.25) is 18.7 Å². The molecule has 10 heteroatoms. The molecule has 2 heterocycles. The van der Waals surface area contributed by atoms with Gasteiger partial charge in [-0.25, -0.2) is 9.78 Å². The van der Waals surface area contributed by atoms with Crippen LogP contribution in [0.1, 0.15) is 12.0 Å². The third-order valence-electron chi connectivity index (χ3n) is 4.46. The fourth-order valence-electron chi connectivity index (χ4n) is 2.86. The Bertz CT molecular complexity index is 1190. The lowest BCUT2D eigenvalue weighted by atomic mass is 10.2. The number of carbonyl (C=O) groups is 1. The first kappa shape index (κ1) is 20.2. The van der Waals surface area contributed by atoms with E-state index in [0.29, 0.717) is 27.3 Å². The van der Waals surface area contributed by atoms with Crippen LogP contribution in [0, 0.1) is 6.92 Å². The van der Waals surface area contributed by atoms with Gasteiger partial charge in [-0.15, -0.1) is 0 Å². The normalized spacial score (nSPS) is 11.2. The van der Waals surface area contributed by atoms with Gasteiger partial charge in [0.1, 0.15) is 0 Å². The standard InChI is InChI=1S/C18H20ClN5O3S/c1-10-5-6-11(19)9-12(10)20-13(25)7-8-28-17-21-14-15(22(17)2)23(3)18(27)24(4)16(14)26/h5-6,9H,7-8H2,1-4H3,(H,20,25). The van der Waals surface area contributed by atoms with Crippen molar-refractivity contribution in [2.75, 3.05) is 11.1 Å². The van der Waals surface area contributed by atoms with Crippen LogP contribution in [-0.2, 0) is 25.9 Å². The van der Waals surface area contributed by atoms with Gasteiger partial charge in [0.2, 0.25) is 5.91 Å². The average molecular weight is 422 g/mol. The van der Waals surface area contributed by atoms with E-state index in [2.05, 4.69) is 10.3 Å². The number of carbonyl (C=O) groups excluding carboxylic acids is 1. The van der Waals surface area contributed by atoms with E-state index in [0.717, 1.165) is 10.1 Å². The van der Waals surface area contributed by atoms with Gasteiger partial charge in [0.05, 0.1) is 0 Å². The highest BCUT2D eigenvalue weighted by atomic mass is 35.5. The second kappa shape index (κ2) is 7.84. The van der Waals surface area contributed by atoms with Crippen molar-refractivity contribution in [1.82, 2.24) is 18.7 Å². The first-order chi connectivity index (χ1) is 13.2. The lowest BCUT2D eigenvalue weighted by Crippen LogP contribution is -2.37. The van der Waals surface area contributed by atoms with E-state index in [4.69, 9.17) is 11.6 Å². The molecule has 0 saturated carbocycles. The molecule has 0 aliphatic heterocycles. The average Bonchev–Trinajstić information content (AvgIpc) is 2.98. The van der Waals surface area contributed by atoms with Gasteiger partial charge in [0, 0.05) is 44.0 Å². The number of hydrogen-bond donors (Lipinski definition) is 1. The molecule has 0 atom stereocenters. The van der Waals surface area contributed by atoms with Crippen LogP contribution < -0.4 is 16.6 Å². The molecule has 8 nitrogen and oxygen atoms in total. The molecule has 0 aliphatic rings. The summed E-state index contributed by atoms with van der Waals surface area (Å²) in [6.07, 6.45) is 0.261. The van der Waals surface area contributed by atoms with Gasteiger partial charge in [-0.05, 0) is 24.6 Å². The van der Waals surface area contributed by atoms with E-state index >= 15 is 0 Å². The summed E-state index contributed by atoms with van der Waals surface area (Å²) >= 11 is 7.32. The summed E-state index contributed by atoms with van der Waals surface area (Å²) in [5.74, 6) is 0.330. The minimum Gasteiger partial charge on any atom is -0.326 e. The predicted octanol–water partition coefficient (Wildman–Crippen LogP) is 2.05. The number of nitrogens with zero attached hydrogens (tertiary/aromatic N) is 4. The molecule has 0 aliphatic carbocycles. The number of aromatic nitrogens is 4. The van der Waals surface area contributed by atoms with Crippen LogP contribution in [0.15, 0.2) is 32.9 Å². The van der Waals surface area contributed by atoms with Crippen molar-refractivity contribution < 1.29 is 4.79 Å². The Morgan fingerprint density at radius 1 is 1.18 bits per heavy atom. The van der Waals surface area contributed by atoms with Crippen LogP contribution in [0.4, 0.5) is 5.69 Å². The first-order valence-electron chi connectivity index (χ1n) is 8.52. The highest BCUT2D eigenvalue weighted by molar-refractivity contribution is 7.99. The maximum Gasteiger partial charge on any atom is 0.332 e. The van der Waals surface area contributed by atoms with E-state index in [1.54, 1.807) is 30.8 Å². The molecule has 28 heavy (non-hydrogen) atoms. The third kappa shape index (κ3) is 3.72. The topological polar surface area (TPSA) is 90.9 Å². The first-order valence-corrected chi connectivity index (χ1v) is 9.88. The number of nitrogens with one attached hydrogen (secondary N) is 1. The second-order valence-electron chi connectivity index (χ2n) is 6.44. The number of halogens is 1. The summed E-state index contributed by atoms with van der Waals surface area (Å²) < 4.78 is 4.12. The van der Waals surface area contributed by atoms with Crippen LogP contribution in [0.25, 0.3) is 11.2 Å². The summed E-state index contributed by atoms with van der Waals surface area (Å²) in [6, 6.07) is 5.33. The molecule has 0 bridgehead atoms. The van der Waals surface area contributed by atoms with Crippen molar-refractivity contribution in [3.05, 3.63) is 49.6 Å². The molecule has 0 unspecified atom stereocenters. The minimum absolute atomic E-state index is 0.139. The van der Waals surface area contributed by atoms with Crippen molar-refractivity contribution in [3.8, 4) is 0 Å². The Labute approximate surface area is 170 Å². The molecule has 0 radical (unpaired) electrons. The smallest absolute Gasteiger partial charge is 0.326 e. The third-order valence-corrected chi connectivity index (χ3v) is 5.72. The molecule has 1 aromatic carbocycles. The van der Waals surface area contributed by atoms with Gasteiger partial charge in [0.15, 0.2) is 16.3 Å². The number of hydrogen-bond acceptors (Lipinski definition) is 5. The fraction of sp³-hybridized carbons (Fsp3) is 0.333. The van der Waals surface area contributed by atoms with Gasteiger partial charge >= 0.3 is 5.69 Å². The summed E-state index contributed by atoms with van der Waals surface area (Å²) in [5.41, 5.74) is 1.45. The predicted molar refractivity (Wildman–Crippen MR) is 111 cm³/mol. The van der Waals surface area contributed by atoms with E-state index in [9.17, 15) is 14.4 Å². The molecule has 3 aromatic rings. The van der Waals surface area contributed by atoms with Crippen molar-refractivity contribution in [2.24, 2.45) is 21.1 Å². The summed E-state index contributed by atoms with van der Waals surface area (Å²) in [5, 5.41) is 3.98. The number of fused-ring (bicyclic) bond motifs is 1. The molecule has 0 fully saturated rings. The lowest BCUT2D eigenvalue weighted by Gasteiger charge is -2.09. The molecular formula is C18H20ClN5O3S. The molecule has 1 N–H and O–H groups in total. The van der Waals surface area contributed by atoms with Crippen molar-refractivity contribution >= 4 is 46.1 Å². The maximum atomic E-state index is 12.3. The number of thioether (sulfide) groups is 1. The zero-order valence-electron chi connectivity index (χ0n) is 15.9. The molecule has 3 rings (SSSR count). The van der Waals surface area contributed by atoms with Gasteiger partial charge in [-0.2, -0.15) is 0 Å². The van der Waals surface area contributed by atoms with Gasteiger partial charge < -0.3 is 9.88 Å². The van der Waals surface area contributed by atoms with E-state index < -0.39 is 11.2 Å². The number of anilines is 1. The SMILES string of the molecule is Cc1ccc(Cl)cc1NC(=O)CCSc1nc2c(=O)n(C)c(=O)n(C)c2n1C. The second-order valence-corrected chi connectivity index (χ2v) is 7.94. The number of rotatable bonds is 5. The number of benzene rings is 1. The molecule has 0 saturated heterocycles. The van der Waals surface area contributed by atoms with Crippen molar-refractivity contribution in [3.63, 3.8) is 0 Å². The molecule has 0 spiro atoms. The van der Waals surface area contributed by atoms with Crippen LogP contribution in [0.3, 0.4) is 0 Å². The van der Waals surface area contributed by atoms with Crippen LogP contribution >= 0.6 is 23.4 Å². The summed E-state index contributed by atoms with van der Waals surface area (Å²) in [7, 11) is 4.76. The van der Waals surface area contributed by atoms with Crippen molar-refractivity contribution in [2.45, 2.75) is 18.5 Å². The molecule has 2 aromatic heterocycles. The van der Waals surface area contributed by atoms with Gasteiger partial charge in [-0.1, -0.05) is 29.4 Å². The lowest BCUT2D eigenvalue weighted by molar-refractivity contribution is -0.115. The zero-order chi connectivity index (χ0) is 20.6. The Balaban J connectivity index is 1.73. The Kier molecular flexibility index (Phi) is 5.66. The fourth-order valence-corrected chi connectivity index (χ4v) is 3.94.